The Morgan fingerprint density at radius 2 is 1.62 bits per heavy atom. The molecule has 0 bridgehead atoms. The van der Waals surface area contributed by atoms with Gasteiger partial charge in [-0.05, 0) is 25.3 Å². The van der Waals surface area contributed by atoms with Gasteiger partial charge in [-0.15, -0.1) is 11.3 Å². The molecule has 2 heterocycles. The SMILES string of the molecule is COC(=O)c1sc(NC(=O)COC(=O)CCN2C(=O)[C@H]3CC=CC[C@H]3C2=O)c(C(=O)OC)c1C. The zero-order valence-electron chi connectivity index (χ0n) is 18.9. The molecule has 1 N–H and O–H groups in total. The maximum Gasteiger partial charge on any atom is 0.348 e. The molecule has 0 radical (unpaired) electrons. The maximum absolute atomic E-state index is 12.4. The summed E-state index contributed by atoms with van der Waals surface area (Å²) >= 11 is 0.828. The molecule has 12 heteroatoms. The largest absolute Gasteiger partial charge is 0.465 e. The fraction of sp³-hybridized carbons (Fsp3) is 0.455. The van der Waals surface area contributed by atoms with Crippen molar-refractivity contribution in [1.29, 1.82) is 0 Å². The van der Waals surface area contributed by atoms with E-state index < -0.39 is 30.4 Å². The second-order valence-corrected chi connectivity index (χ2v) is 8.71. The first-order chi connectivity index (χ1) is 16.2. The highest BCUT2D eigenvalue weighted by molar-refractivity contribution is 7.18. The number of fused-ring (bicyclic) bond motifs is 1. The van der Waals surface area contributed by atoms with Gasteiger partial charge < -0.3 is 19.5 Å². The van der Waals surface area contributed by atoms with E-state index in [2.05, 4.69) is 10.1 Å². The van der Waals surface area contributed by atoms with Gasteiger partial charge in [-0.1, -0.05) is 12.2 Å². The van der Waals surface area contributed by atoms with Gasteiger partial charge >= 0.3 is 17.9 Å². The number of anilines is 1. The molecule has 0 aromatic carbocycles. The van der Waals surface area contributed by atoms with E-state index in [1.807, 2.05) is 12.2 Å². The number of allylic oxidation sites excluding steroid dienone is 2. The summed E-state index contributed by atoms with van der Waals surface area (Å²) in [6, 6.07) is 0. The number of likely N-dealkylation sites (tertiary alicyclic amines) is 1. The first-order valence-corrected chi connectivity index (χ1v) is 11.3. The third-order valence-electron chi connectivity index (χ3n) is 5.66. The number of imide groups is 1. The second-order valence-electron chi connectivity index (χ2n) is 7.69. The van der Waals surface area contributed by atoms with Crippen LogP contribution in [0.25, 0.3) is 0 Å². The fourth-order valence-electron chi connectivity index (χ4n) is 3.91. The van der Waals surface area contributed by atoms with Gasteiger partial charge in [0.25, 0.3) is 5.91 Å². The summed E-state index contributed by atoms with van der Waals surface area (Å²) in [5.74, 6) is -4.31. The average Bonchev–Trinajstić information content (AvgIpc) is 3.28. The standard InChI is InChI=1S/C22H24N2O9S/c1-11-16(21(29)31-2)18(34-17(11)22(30)32-3)23-14(25)10-33-15(26)8-9-24-19(27)12-6-4-5-7-13(12)20(24)28/h4-5,12-13H,6-10H2,1-3H3,(H,23,25)/t12-,13+. The molecule has 1 aromatic heterocycles. The summed E-state index contributed by atoms with van der Waals surface area (Å²) in [4.78, 5) is 74.5. The van der Waals surface area contributed by atoms with Gasteiger partial charge in [0.2, 0.25) is 11.8 Å². The van der Waals surface area contributed by atoms with Crippen LogP contribution in [0, 0.1) is 18.8 Å². The molecule has 0 spiro atoms. The number of nitrogens with one attached hydrogen (secondary N) is 1. The van der Waals surface area contributed by atoms with Crippen LogP contribution < -0.4 is 5.32 Å². The molecule has 1 aromatic rings. The van der Waals surface area contributed by atoms with E-state index in [1.165, 1.54) is 14.0 Å². The molecular weight excluding hydrogens is 468 g/mol. The Morgan fingerprint density at radius 3 is 2.18 bits per heavy atom. The molecule has 1 aliphatic carbocycles. The number of esters is 3. The third kappa shape index (κ3) is 5.01. The third-order valence-corrected chi connectivity index (χ3v) is 6.85. The van der Waals surface area contributed by atoms with Crippen LogP contribution in [0.5, 0.6) is 0 Å². The van der Waals surface area contributed by atoms with Crippen LogP contribution in [-0.2, 0) is 33.4 Å². The van der Waals surface area contributed by atoms with Gasteiger partial charge in [0.05, 0.1) is 38.0 Å². The Bertz CT molecular complexity index is 1050. The molecule has 11 nitrogen and oxygen atoms in total. The molecule has 3 amide bonds. The first-order valence-electron chi connectivity index (χ1n) is 10.4. The molecule has 1 fully saturated rings. The lowest BCUT2D eigenvalue weighted by atomic mass is 9.85. The number of amides is 3. The lowest BCUT2D eigenvalue weighted by Gasteiger charge is -2.14. The van der Waals surface area contributed by atoms with E-state index in [9.17, 15) is 28.8 Å². The smallest absolute Gasteiger partial charge is 0.348 e. The monoisotopic (exact) mass is 492 g/mol. The van der Waals surface area contributed by atoms with Crippen molar-refractivity contribution in [2.45, 2.75) is 26.2 Å². The summed E-state index contributed by atoms with van der Waals surface area (Å²) in [7, 11) is 2.34. The topological polar surface area (TPSA) is 145 Å². The highest BCUT2D eigenvalue weighted by Gasteiger charge is 2.47. The van der Waals surface area contributed by atoms with Crippen molar-refractivity contribution in [2.24, 2.45) is 11.8 Å². The van der Waals surface area contributed by atoms with E-state index in [-0.39, 0.29) is 57.6 Å². The molecule has 182 valence electrons. The zero-order chi connectivity index (χ0) is 25.0. The van der Waals surface area contributed by atoms with Gasteiger partial charge in [0.15, 0.2) is 6.61 Å². The summed E-state index contributed by atoms with van der Waals surface area (Å²) in [5.41, 5.74) is 0.279. The van der Waals surface area contributed by atoms with Crippen molar-refractivity contribution in [3.8, 4) is 0 Å². The zero-order valence-corrected chi connectivity index (χ0v) is 19.7. The van der Waals surface area contributed by atoms with Crippen molar-refractivity contribution in [1.82, 2.24) is 4.90 Å². The molecule has 2 aliphatic rings. The van der Waals surface area contributed by atoms with E-state index in [0.717, 1.165) is 23.3 Å². The van der Waals surface area contributed by atoms with Gasteiger partial charge in [-0.3, -0.25) is 24.1 Å². The number of rotatable bonds is 8. The summed E-state index contributed by atoms with van der Waals surface area (Å²) in [5, 5.41) is 2.49. The van der Waals surface area contributed by atoms with Crippen molar-refractivity contribution < 1.29 is 43.0 Å². The van der Waals surface area contributed by atoms with E-state index >= 15 is 0 Å². The predicted octanol–water partition coefficient (Wildman–Crippen LogP) is 1.45. The molecular formula is C22H24N2O9S. The van der Waals surface area contributed by atoms with Crippen LogP contribution in [0.3, 0.4) is 0 Å². The minimum atomic E-state index is -0.769. The number of thiophene rings is 1. The Kier molecular flexibility index (Phi) is 7.82. The van der Waals surface area contributed by atoms with Crippen LogP contribution in [0.2, 0.25) is 0 Å². The van der Waals surface area contributed by atoms with E-state index in [4.69, 9.17) is 9.47 Å². The van der Waals surface area contributed by atoms with Crippen LogP contribution in [0.15, 0.2) is 12.2 Å². The number of methoxy groups -OCH3 is 2. The minimum Gasteiger partial charge on any atom is -0.465 e. The number of ether oxygens (including phenoxy) is 3. The van der Waals surface area contributed by atoms with Crippen LogP contribution in [-0.4, -0.2) is 67.9 Å². The normalized spacial score (nSPS) is 19.0. The molecule has 1 aliphatic heterocycles. The lowest BCUT2D eigenvalue weighted by Crippen LogP contribution is -2.33. The van der Waals surface area contributed by atoms with Gasteiger partial charge in [0, 0.05) is 6.54 Å². The number of hydrogen-bond donors (Lipinski definition) is 1. The van der Waals surface area contributed by atoms with Crippen LogP contribution >= 0.6 is 11.3 Å². The van der Waals surface area contributed by atoms with Crippen molar-refractivity contribution >= 4 is 52.0 Å². The average molecular weight is 493 g/mol. The highest BCUT2D eigenvalue weighted by Crippen LogP contribution is 2.35. The van der Waals surface area contributed by atoms with E-state index in [1.54, 1.807) is 0 Å². The Balaban J connectivity index is 1.55. The fourth-order valence-corrected chi connectivity index (χ4v) is 5.04. The Hall–Kier alpha value is -3.54. The van der Waals surface area contributed by atoms with Crippen molar-refractivity contribution in [3.63, 3.8) is 0 Å². The number of carbonyl (C=O) groups is 6. The molecule has 34 heavy (non-hydrogen) atoms. The highest BCUT2D eigenvalue weighted by atomic mass is 32.1. The Labute approximate surface area is 199 Å². The predicted molar refractivity (Wildman–Crippen MR) is 118 cm³/mol. The molecule has 0 saturated carbocycles. The van der Waals surface area contributed by atoms with Gasteiger partial charge in [-0.2, -0.15) is 0 Å². The molecule has 3 rings (SSSR count). The molecule has 2 atom stereocenters. The maximum atomic E-state index is 12.4. The van der Waals surface area contributed by atoms with Crippen molar-refractivity contribution in [3.05, 3.63) is 28.2 Å². The first kappa shape index (κ1) is 25.1. The lowest BCUT2D eigenvalue weighted by molar-refractivity contribution is -0.148. The molecule has 0 unspecified atom stereocenters. The summed E-state index contributed by atoms with van der Waals surface area (Å²) < 4.78 is 14.3. The van der Waals surface area contributed by atoms with Gasteiger partial charge in [-0.25, -0.2) is 9.59 Å². The van der Waals surface area contributed by atoms with Crippen LogP contribution in [0.1, 0.15) is 44.9 Å². The Morgan fingerprint density at radius 1 is 1.03 bits per heavy atom. The number of hydrogen-bond acceptors (Lipinski definition) is 10. The minimum absolute atomic E-state index is 0.00501. The van der Waals surface area contributed by atoms with Crippen LogP contribution in [0.4, 0.5) is 5.00 Å². The number of carbonyl (C=O) groups excluding carboxylic acids is 6. The van der Waals surface area contributed by atoms with Gasteiger partial charge in [0.1, 0.15) is 9.88 Å². The van der Waals surface area contributed by atoms with Crippen molar-refractivity contribution in [2.75, 3.05) is 32.7 Å². The number of nitrogens with zero attached hydrogens (tertiary/aromatic N) is 1. The van der Waals surface area contributed by atoms with E-state index in [0.29, 0.717) is 12.8 Å². The summed E-state index contributed by atoms with van der Waals surface area (Å²) in [6.45, 7) is 0.725. The summed E-state index contributed by atoms with van der Waals surface area (Å²) in [6.07, 6.45) is 4.50. The molecule has 1 saturated heterocycles. The second kappa shape index (κ2) is 10.6. The quantitative estimate of drug-likeness (QED) is 0.247.